The normalized spacial score (nSPS) is 15.2. The topological polar surface area (TPSA) is 114 Å². The van der Waals surface area contributed by atoms with Crippen LogP contribution >= 0.6 is 0 Å². The fraction of sp³-hybridized carbons (Fsp3) is 0.583. The van der Waals surface area contributed by atoms with Crippen LogP contribution < -0.4 is 10.6 Å². The molecule has 33 heavy (non-hydrogen) atoms. The number of carbonyl (C=O) groups excluding carboxylic acids is 4. The van der Waals surface area contributed by atoms with Crippen molar-refractivity contribution in [3.05, 3.63) is 35.9 Å². The summed E-state index contributed by atoms with van der Waals surface area (Å²) in [6, 6.07) is 6.91. The minimum atomic E-state index is -0.961. The molecule has 0 bridgehead atoms. The Morgan fingerprint density at radius 1 is 1.09 bits per heavy atom. The lowest BCUT2D eigenvalue weighted by Crippen LogP contribution is -2.55. The molecule has 1 aromatic carbocycles. The van der Waals surface area contributed by atoms with Gasteiger partial charge in [0.1, 0.15) is 24.2 Å². The Hall–Kier alpha value is -3.10. The first-order valence-corrected chi connectivity index (χ1v) is 11.2. The number of esters is 1. The van der Waals surface area contributed by atoms with Crippen LogP contribution in [0, 0.1) is 5.92 Å². The predicted octanol–water partition coefficient (Wildman–Crippen LogP) is 2.56. The molecular formula is C24H35N3O6. The van der Waals surface area contributed by atoms with E-state index in [-0.39, 0.29) is 24.4 Å². The van der Waals surface area contributed by atoms with E-state index in [1.54, 1.807) is 45.0 Å². The Bertz CT molecular complexity index is 846. The van der Waals surface area contributed by atoms with E-state index < -0.39 is 35.7 Å². The third-order valence-corrected chi connectivity index (χ3v) is 5.08. The molecule has 0 heterocycles. The minimum Gasteiger partial charge on any atom is -0.468 e. The number of rotatable bonds is 9. The van der Waals surface area contributed by atoms with Crippen molar-refractivity contribution in [2.24, 2.45) is 5.92 Å². The fourth-order valence-corrected chi connectivity index (χ4v) is 3.38. The third kappa shape index (κ3) is 7.76. The van der Waals surface area contributed by atoms with Crippen molar-refractivity contribution in [2.75, 3.05) is 13.7 Å². The van der Waals surface area contributed by atoms with Gasteiger partial charge in [0.25, 0.3) is 0 Å². The van der Waals surface area contributed by atoms with E-state index in [9.17, 15) is 19.2 Å². The van der Waals surface area contributed by atoms with Crippen molar-refractivity contribution < 1.29 is 28.7 Å². The first-order chi connectivity index (χ1) is 15.4. The van der Waals surface area contributed by atoms with Crippen LogP contribution in [-0.4, -0.2) is 60.1 Å². The van der Waals surface area contributed by atoms with Gasteiger partial charge in [0.2, 0.25) is 11.8 Å². The average molecular weight is 462 g/mol. The summed E-state index contributed by atoms with van der Waals surface area (Å²) in [6.45, 7) is 8.56. The summed E-state index contributed by atoms with van der Waals surface area (Å²) in [6.07, 6.45) is 0.796. The van der Waals surface area contributed by atoms with E-state index in [1.165, 1.54) is 12.0 Å². The van der Waals surface area contributed by atoms with Gasteiger partial charge in [-0.3, -0.25) is 14.4 Å². The molecule has 2 N–H and O–H groups in total. The molecule has 182 valence electrons. The van der Waals surface area contributed by atoms with E-state index in [0.29, 0.717) is 5.56 Å². The van der Waals surface area contributed by atoms with Crippen LogP contribution in [0.2, 0.25) is 0 Å². The van der Waals surface area contributed by atoms with Crippen molar-refractivity contribution in [3.63, 3.8) is 0 Å². The second-order valence-corrected chi connectivity index (χ2v) is 9.45. The molecule has 1 fully saturated rings. The van der Waals surface area contributed by atoms with Gasteiger partial charge < -0.3 is 25.0 Å². The highest BCUT2D eigenvalue weighted by Crippen LogP contribution is 2.36. The molecule has 2 unspecified atom stereocenters. The Balaban J connectivity index is 2.36. The standard InChI is InChI=1S/C24H35N3O6/c1-15(2)19(26-23(31)33-24(3,4)5)22(30)27(17-12-13-17)20(16-10-8-7-9-11-16)21(29)25-14-18(28)32-6/h7-11,15,17,19-20H,12-14H2,1-6H3,(H,25,29)(H,26,31). The van der Waals surface area contributed by atoms with Gasteiger partial charge in [0.15, 0.2) is 0 Å². The lowest BCUT2D eigenvalue weighted by atomic mass is 9.98. The van der Waals surface area contributed by atoms with Gasteiger partial charge in [-0.05, 0) is 45.1 Å². The van der Waals surface area contributed by atoms with Crippen LogP contribution in [0.4, 0.5) is 4.79 Å². The van der Waals surface area contributed by atoms with Crippen LogP contribution in [0.5, 0.6) is 0 Å². The summed E-state index contributed by atoms with van der Waals surface area (Å²) in [7, 11) is 1.23. The number of nitrogens with zero attached hydrogens (tertiary/aromatic N) is 1. The summed E-state index contributed by atoms with van der Waals surface area (Å²) in [5.41, 5.74) is -0.106. The Kier molecular flexibility index (Phi) is 8.84. The SMILES string of the molecule is COC(=O)CNC(=O)C(c1ccccc1)N(C(=O)C(NC(=O)OC(C)(C)C)C(C)C)C1CC1. The molecule has 9 heteroatoms. The second-order valence-electron chi connectivity index (χ2n) is 9.45. The molecule has 2 atom stereocenters. The molecular weight excluding hydrogens is 426 g/mol. The molecule has 1 saturated carbocycles. The number of carbonyl (C=O) groups is 4. The molecule has 3 amide bonds. The molecule has 1 aromatic rings. The zero-order valence-electron chi connectivity index (χ0n) is 20.2. The van der Waals surface area contributed by atoms with Gasteiger partial charge in [-0.2, -0.15) is 0 Å². The fourth-order valence-electron chi connectivity index (χ4n) is 3.38. The zero-order valence-corrected chi connectivity index (χ0v) is 20.2. The number of hydrogen-bond donors (Lipinski definition) is 2. The Labute approximate surface area is 195 Å². The van der Waals surface area contributed by atoms with Gasteiger partial charge in [-0.1, -0.05) is 44.2 Å². The summed E-state index contributed by atoms with van der Waals surface area (Å²) >= 11 is 0. The highest BCUT2D eigenvalue weighted by atomic mass is 16.6. The maximum Gasteiger partial charge on any atom is 0.408 e. The molecule has 0 aromatic heterocycles. The molecule has 0 radical (unpaired) electrons. The molecule has 1 aliphatic carbocycles. The lowest BCUT2D eigenvalue weighted by molar-refractivity contribution is -0.145. The largest absolute Gasteiger partial charge is 0.468 e. The van der Waals surface area contributed by atoms with Gasteiger partial charge in [0.05, 0.1) is 7.11 Å². The number of alkyl carbamates (subject to hydrolysis) is 1. The summed E-state index contributed by atoms with van der Waals surface area (Å²) < 4.78 is 9.95. The number of methoxy groups -OCH3 is 1. The number of benzene rings is 1. The first kappa shape index (κ1) is 26.2. The van der Waals surface area contributed by atoms with E-state index in [4.69, 9.17) is 4.74 Å². The van der Waals surface area contributed by atoms with Crippen LogP contribution in [0.15, 0.2) is 30.3 Å². The average Bonchev–Trinajstić information content (AvgIpc) is 3.57. The highest BCUT2D eigenvalue weighted by molar-refractivity contribution is 5.93. The van der Waals surface area contributed by atoms with E-state index in [1.807, 2.05) is 19.9 Å². The monoisotopic (exact) mass is 461 g/mol. The van der Waals surface area contributed by atoms with Crippen LogP contribution in [0.1, 0.15) is 59.1 Å². The lowest BCUT2D eigenvalue weighted by Gasteiger charge is -2.35. The Morgan fingerprint density at radius 3 is 2.18 bits per heavy atom. The number of amides is 3. The maximum atomic E-state index is 13.8. The van der Waals surface area contributed by atoms with Crippen molar-refractivity contribution in [2.45, 2.75) is 71.2 Å². The van der Waals surface area contributed by atoms with Crippen LogP contribution in [-0.2, 0) is 23.9 Å². The van der Waals surface area contributed by atoms with Crippen LogP contribution in [0.25, 0.3) is 0 Å². The first-order valence-electron chi connectivity index (χ1n) is 11.2. The van der Waals surface area contributed by atoms with Gasteiger partial charge in [-0.25, -0.2) is 4.79 Å². The Morgan fingerprint density at radius 2 is 1.70 bits per heavy atom. The van der Waals surface area contributed by atoms with Crippen molar-refractivity contribution in [1.29, 1.82) is 0 Å². The molecule has 0 spiro atoms. The summed E-state index contributed by atoms with van der Waals surface area (Å²) in [5.74, 6) is -1.71. The van der Waals surface area contributed by atoms with Crippen molar-refractivity contribution in [1.82, 2.24) is 15.5 Å². The van der Waals surface area contributed by atoms with E-state index in [0.717, 1.165) is 12.8 Å². The zero-order chi connectivity index (χ0) is 24.8. The molecule has 9 nitrogen and oxygen atoms in total. The van der Waals surface area contributed by atoms with E-state index >= 15 is 0 Å². The quantitative estimate of drug-likeness (QED) is 0.547. The van der Waals surface area contributed by atoms with Gasteiger partial charge in [-0.15, -0.1) is 0 Å². The molecule has 0 aliphatic heterocycles. The third-order valence-electron chi connectivity index (χ3n) is 5.08. The van der Waals surface area contributed by atoms with Crippen molar-refractivity contribution >= 4 is 23.9 Å². The number of hydrogen-bond acceptors (Lipinski definition) is 6. The summed E-state index contributed by atoms with van der Waals surface area (Å²) in [5, 5.41) is 5.25. The molecule has 0 saturated heterocycles. The predicted molar refractivity (Wildman–Crippen MR) is 122 cm³/mol. The second kappa shape index (κ2) is 11.2. The van der Waals surface area contributed by atoms with E-state index in [2.05, 4.69) is 15.4 Å². The molecule has 1 aliphatic rings. The number of nitrogens with one attached hydrogen (secondary N) is 2. The highest BCUT2D eigenvalue weighted by Gasteiger charge is 2.44. The van der Waals surface area contributed by atoms with Crippen molar-refractivity contribution in [3.8, 4) is 0 Å². The molecule has 2 rings (SSSR count). The number of ether oxygens (including phenoxy) is 2. The van der Waals surface area contributed by atoms with Crippen LogP contribution in [0.3, 0.4) is 0 Å². The minimum absolute atomic E-state index is 0.145. The van der Waals surface area contributed by atoms with Gasteiger partial charge in [0, 0.05) is 6.04 Å². The maximum absolute atomic E-state index is 13.8. The smallest absolute Gasteiger partial charge is 0.408 e. The van der Waals surface area contributed by atoms with Gasteiger partial charge >= 0.3 is 12.1 Å². The summed E-state index contributed by atoms with van der Waals surface area (Å²) in [4.78, 5) is 52.5.